The Kier molecular flexibility index (Phi) is 42.6. The van der Waals surface area contributed by atoms with Crippen LogP contribution in [-0.4, -0.2) is 148 Å². The van der Waals surface area contributed by atoms with Gasteiger partial charge in [-0.3, -0.25) is 4.79 Å². The van der Waals surface area contributed by atoms with Crippen LogP contribution in [0.2, 0.25) is 0 Å². The summed E-state index contributed by atoms with van der Waals surface area (Å²) in [4.78, 5) is 61.5. The number of aliphatic carboxylic acids is 1. The first kappa shape index (κ1) is 41.2. The summed E-state index contributed by atoms with van der Waals surface area (Å²) < 4.78 is 17.1. The molecular formula is C5H11Ca3NO11P2S. The van der Waals surface area contributed by atoms with Gasteiger partial charge in [0.05, 0.1) is 0 Å². The molecule has 1 unspecified atom stereocenters. The first-order valence-corrected chi connectivity index (χ1v) is 8.61. The second kappa shape index (κ2) is 23.8. The molecule has 0 saturated carbocycles. The first-order chi connectivity index (χ1) is 8.72. The van der Waals surface area contributed by atoms with Crippen LogP contribution in [0.1, 0.15) is 6.42 Å². The molecule has 18 heteroatoms. The molecule has 0 radical (unpaired) electrons. The van der Waals surface area contributed by atoms with E-state index in [1.807, 2.05) is 6.26 Å². The van der Waals surface area contributed by atoms with Crippen molar-refractivity contribution in [3.8, 4) is 0 Å². The number of hydrogen-bond donors (Lipinski definition) is 3. The normalized spacial score (nSPS) is 10.8. The maximum atomic E-state index is 10.2. The van der Waals surface area contributed by atoms with Gasteiger partial charge in [-0.25, -0.2) is 0 Å². The smallest absolute Gasteiger partial charge is 0.822 e. The zero-order valence-corrected chi connectivity index (χ0v) is 21.2. The van der Waals surface area contributed by atoms with E-state index >= 15 is 0 Å². The van der Waals surface area contributed by atoms with Gasteiger partial charge < -0.3 is 48.8 Å². The summed E-state index contributed by atoms with van der Waals surface area (Å²) in [6.07, 6.45) is 2.32. The largest absolute Gasteiger partial charge is 2.00 e. The number of hydrogen-bond acceptors (Lipinski definition) is 12. The Morgan fingerprint density at radius 2 is 1.30 bits per heavy atom. The third kappa shape index (κ3) is 76.8. The number of nitrogens with one attached hydrogen (secondary N) is 1. The zero-order chi connectivity index (χ0) is 17.0. The van der Waals surface area contributed by atoms with Gasteiger partial charge in [0, 0.05) is 0 Å². The molecule has 0 fully saturated rings. The third-order valence-electron chi connectivity index (χ3n) is 1.06. The predicted molar refractivity (Wildman–Crippen MR) is 71.8 cm³/mol. The van der Waals surface area contributed by atoms with Crippen LogP contribution < -0.4 is 34.8 Å². The summed E-state index contributed by atoms with van der Waals surface area (Å²) in [6.45, 7) is 0. The second-order valence-corrected chi connectivity index (χ2v) is 5.47. The van der Waals surface area contributed by atoms with Crippen molar-refractivity contribution in [2.45, 2.75) is 12.5 Å². The molecule has 3 N–H and O–H groups in total. The monoisotopic (exact) mass is 475 g/mol. The number of hydroxylamine groups is 1. The van der Waals surface area contributed by atoms with Gasteiger partial charge in [0.1, 0.15) is 6.04 Å². The van der Waals surface area contributed by atoms with E-state index in [4.69, 9.17) is 48.8 Å². The molecule has 124 valence electrons. The fraction of sp³-hybridized carbons (Fsp3) is 0.800. The van der Waals surface area contributed by atoms with Crippen molar-refractivity contribution in [1.82, 2.24) is 5.48 Å². The topological polar surface area (TPSA) is 242 Å². The van der Waals surface area contributed by atoms with Crippen LogP contribution in [0.15, 0.2) is 0 Å². The molecule has 0 rings (SSSR count). The van der Waals surface area contributed by atoms with Crippen LogP contribution >= 0.6 is 27.4 Å². The molecule has 23 heavy (non-hydrogen) atoms. The minimum Gasteiger partial charge on any atom is -0.822 e. The van der Waals surface area contributed by atoms with Gasteiger partial charge in [0.15, 0.2) is 0 Å². The van der Waals surface area contributed by atoms with Crippen molar-refractivity contribution >= 4 is 147 Å². The first-order valence-electron chi connectivity index (χ1n) is 4.29. The van der Waals surface area contributed by atoms with Gasteiger partial charge in [0.2, 0.25) is 0 Å². The van der Waals surface area contributed by atoms with Gasteiger partial charge in [-0.15, -0.1) is 0 Å². The van der Waals surface area contributed by atoms with Crippen molar-refractivity contribution < 1.29 is 53.6 Å². The molecule has 0 aromatic carbocycles. The molecule has 0 aliphatic carbocycles. The minimum absolute atomic E-state index is 0. The van der Waals surface area contributed by atoms with Crippen molar-refractivity contribution in [2.75, 3.05) is 12.0 Å². The summed E-state index contributed by atoms with van der Waals surface area (Å²) in [5, 5.41) is 16.7. The molecule has 1 atom stereocenters. The van der Waals surface area contributed by atoms with Gasteiger partial charge in [0.25, 0.3) is 0 Å². The second-order valence-electron chi connectivity index (χ2n) is 2.70. The van der Waals surface area contributed by atoms with Crippen molar-refractivity contribution in [2.24, 2.45) is 0 Å². The SMILES string of the molecule is CSCCC(NO)C(=O)O.O=P([O-])([O-])[O-].O=P([O-])([O-])[O-].[Ca+2].[Ca+2].[Ca+2]. The van der Waals surface area contributed by atoms with E-state index in [2.05, 4.69) is 0 Å². The van der Waals surface area contributed by atoms with E-state index in [9.17, 15) is 4.79 Å². The molecule has 0 saturated heterocycles. The summed E-state index contributed by atoms with van der Waals surface area (Å²) >= 11 is 1.55. The molecule has 0 heterocycles. The summed E-state index contributed by atoms with van der Waals surface area (Å²) in [5.41, 5.74) is 1.72. The molecular weight excluding hydrogens is 464 g/mol. The maximum absolute atomic E-state index is 10.2. The number of rotatable bonds is 5. The average molecular weight is 475 g/mol. The van der Waals surface area contributed by atoms with E-state index in [1.165, 1.54) is 0 Å². The van der Waals surface area contributed by atoms with Gasteiger partial charge in [-0.1, -0.05) is 0 Å². The zero-order valence-electron chi connectivity index (χ0n) is 12.0. The van der Waals surface area contributed by atoms with E-state index in [0.29, 0.717) is 6.42 Å². The molecule has 12 nitrogen and oxygen atoms in total. The summed E-state index contributed by atoms with van der Waals surface area (Å²) in [7, 11) is -10.8. The van der Waals surface area contributed by atoms with Gasteiger partial charge >= 0.3 is 119 Å². The average Bonchev–Trinajstić information content (AvgIpc) is 2.13. The van der Waals surface area contributed by atoms with E-state index in [-0.39, 0.29) is 113 Å². The molecule has 0 aromatic rings. The maximum Gasteiger partial charge on any atom is 2.00 e. The van der Waals surface area contributed by atoms with Crippen LogP contribution in [0.5, 0.6) is 0 Å². The third-order valence-corrected chi connectivity index (χ3v) is 1.71. The standard InChI is InChI=1S/C5H11NO3S.3Ca.2H3O4P/c1-10-3-2-4(6-9)5(7)8;;;;2*1-5(2,3)4/h4,6,9H,2-3H2,1H3,(H,7,8);;;;2*(H3,1,2,3,4)/q;3*+2;;/p-6. The molecule has 0 spiro atoms. The van der Waals surface area contributed by atoms with Crippen molar-refractivity contribution in [3.05, 3.63) is 0 Å². The van der Waals surface area contributed by atoms with Crippen molar-refractivity contribution in [3.63, 3.8) is 0 Å². The summed E-state index contributed by atoms with van der Waals surface area (Å²) in [5.74, 6) is -0.290. The van der Waals surface area contributed by atoms with Crippen LogP contribution in [-0.2, 0) is 13.9 Å². The van der Waals surface area contributed by atoms with Crippen molar-refractivity contribution in [1.29, 1.82) is 0 Å². The van der Waals surface area contributed by atoms with Crippen LogP contribution in [0.4, 0.5) is 0 Å². The van der Waals surface area contributed by atoms with E-state index in [0.717, 1.165) is 5.75 Å². The van der Waals surface area contributed by atoms with Crippen LogP contribution in [0.25, 0.3) is 0 Å². The molecule has 0 aliphatic heterocycles. The predicted octanol–water partition coefficient (Wildman–Crippen LogP) is -6.62. The Balaban J connectivity index is -0.0000000483. The minimum atomic E-state index is -5.39. The Bertz CT molecular complexity index is 316. The molecule has 0 amide bonds. The van der Waals surface area contributed by atoms with Crippen LogP contribution in [0, 0.1) is 0 Å². The molecule has 0 bridgehead atoms. The van der Waals surface area contributed by atoms with E-state index in [1.54, 1.807) is 17.2 Å². The molecule has 0 aromatic heterocycles. The number of phosphoric acid groups is 2. The van der Waals surface area contributed by atoms with E-state index < -0.39 is 27.7 Å². The molecule has 0 aliphatic rings. The van der Waals surface area contributed by atoms with Crippen LogP contribution in [0.3, 0.4) is 0 Å². The Hall–Kier alpha value is 3.74. The number of thioether (sulfide) groups is 1. The quantitative estimate of drug-likeness (QED) is 0.190. The Morgan fingerprint density at radius 3 is 1.43 bits per heavy atom. The van der Waals surface area contributed by atoms with Gasteiger partial charge in [-0.05, 0) is 18.4 Å². The fourth-order valence-electron chi connectivity index (χ4n) is 0.479. The Morgan fingerprint density at radius 1 is 1.04 bits per heavy atom. The number of carboxylic acids is 1. The number of carbonyl (C=O) groups is 1. The van der Waals surface area contributed by atoms with Gasteiger partial charge in [-0.2, -0.15) is 32.9 Å². The fourth-order valence-corrected chi connectivity index (χ4v) is 0.950. The summed E-state index contributed by atoms with van der Waals surface area (Å²) in [6, 6.07) is -0.826. The Labute approximate surface area is 226 Å². The number of carboxylic acid groups (broad SMARTS) is 1.